The molecule has 130 valence electrons. The Kier molecular flexibility index (Phi) is 5.14. The van der Waals surface area contributed by atoms with Crippen LogP contribution in [0.4, 0.5) is 0 Å². The summed E-state index contributed by atoms with van der Waals surface area (Å²) in [4.78, 5) is 10.8. The molecule has 1 saturated heterocycles. The first-order valence-electron chi connectivity index (χ1n) is 7.21. The Morgan fingerprint density at radius 2 is 2.17 bits per heavy atom. The number of aromatic carboxylic acids is 1. The predicted octanol–water partition coefficient (Wildman–Crippen LogP) is 1.18. The molecule has 0 bridgehead atoms. The minimum Gasteiger partial charge on any atom is -0.475 e. The molecule has 0 radical (unpaired) electrons. The maximum absolute atomic E-state index is 12.5. The van der Waals surface area contributed by atoms with E-state index >= 15 is 0 Å². The zero-order valence-electron chi connectivity index (χ0n) is 13.3. The van der Waals surface area contributed by atoms with E-state index < -0.39 is 32.4 Å². The van der Waals surface area contributed by atoms with Gasteiger partial charge in [0.25, 0.3) is 10.0 Å². The van der Waals surface area contributed by atoms with Gasteiger partial charge < -0.3 is 19.0 Å². The van der Waals surface area contributed by atoms with Gasteiger partial charge in [-0.25, -0.2) is 13.2 Å². The van der Waals surface area contributed by atoms with Gasteiger partial charge in [0, 0.05) is 26.6 Å². The third-order valence-corrected chi connectivity index (χ3v) is 5.20. The van der Waals surface area contributed by atoms with Crippen LogP contribution in [0.1, 0.15) is 30.8 Å². The summed E-state index contributed by atoms with van der Waals surface area (Å²) >= 11 is 0. The number of likely N-dealkylation sites (N-methyl/N-ethyl adjacent to an activating group) is 1. The minimum atomic E-state index is -3.95. The Morgan fingerprint density at radius 3 is 2.65 bits per heavy atom. The highest BCUT2D eigenvalue weighted by molar-refractivity contribution is 7.89. The van der Waals surface area contributed by atoms with Crippen LogP contribution in [0.2, 0.25) is 0 Å². The van der Waals surface area contributed by atoms with Gasteiger partial charge in [-0.3, -0.25) is 0 Å². The van der Waals surface area contributed by atoms with Gasteiger partial charge in [-0.2, -0.15) is 4.31 Å². The summed E-state index contributed by atoms with van der Waals surface area (Å²) in [6.07, 6.45) is 0.513. The second-order valence-electron chi connectivity index (χ2n) is 5.84. The first-order valence-corrected chi connectivity index (χ1v) is 8.65. The van der Waals surface area contributed by atoms with Gasteiger partial charge >= 0.3 is 5.97 Å². The fraction of sp³-hybridized carbons (Fsp3) is 0.643. The molecule has 1 aliphatic heterocycles. The molecule has 0 amide bonds. The highest BCUT2D eigenvalue weighted by atomic mass is 32.2. The highest BCUT2D eigenvalue weighted by Crippen LogP contribution is 2.28. The number of sulfonamides is 1. The van der Waals surface area contributed by atoms with Gasteiger partial charge in [0.05, 0.1) is 12.7 Å². The summed E-state index contributed by atoms with van der Waals surface area (Å²) in [7, 11) is -2.54. The first-order chi connectivity index (χ1) is 10.7. The van der Waals surface area contributed by atoms with Gasteiger partial charge in [0.15, 0.2) is 0 Å². The molecule has 2 rings (SSSR count). The molecule has 1 fully saturated rings. The Morgan fingerprint density at radius 1 is 1.48 bits per heavy atom. The fourth-order valence-corrected chi connectivity index (χ4v) is 3.71. The van der Waals surface area contributed by atoms with E-state index in [2.05, 4.69) is 0 Å². The summed E-state index contributed by atoms with van der Waals surface area (Å²) in [5.74, 6) is -1.74. The molecule has 23 heavy (non-hydrogen) atoms. The predicted molar refractivity (Wildman–Crippen MR) is 79.9 cm³/mol. The number of furan rings is 1. The molecule has 0 aliphatic carbocycles. The molecule has 0 aromatic carbocycles. The molecule has 1 aromatic rings. The van der Waals surface area contributed by atoms with Crippen molar-refractivity contribution in [2.24, 2.45) is 0 Å². The fourth-order valence-electron chi connectivity index (χ4n) is 2.56. The van der Waals surface area contributed by atoms with Crippen molar-refractivity contribution in [3.8, 4) is 0 Å². The van der Waals surface area contributed by atoms with Gasteiger partial charge in [-0.1, -0.05) is 0 Å². The first kappa shape index (κ1) is 17.9. The third-order valence-electron chi connectivity index (χ3n) is 3.52. The van der Waals surface area contributed by atoms with Crippen LogP contribution in [-0.2, 0) is 19.5 Å². The molecule has 9 heteroatoms. The lowest BCUT2D eigenvalue weighted by molar-refractivity contribution is -0.0873. The van der Waals surface area contributed by atoms with E-state index in [4.69, 9.17) is 19.0 Å². The topological polar surface area (TPSA) is 106 Å². The zero-order chi connectivity index (χ0) is 17.3. The van der Waals surface area contributed by atoms with Gasteiger partial charge in [0.1, 0.15) is 5.60 Å². The molecule has 1 N–H and O–H groups in total. The van der Waals surface area contributed by atoms with Gasteiger partial charge in [0.2, 0.25) is 10.9 Å². The SMILES string of the molecule is CC(C)OC1(CN(C)S(=O)(=O)c2ccc(C(=O)O)o2)CCOC1. The molecular weight excluding hydrogens is 326 g/mol. The molecule has 1 aliphatic rings. The molecule has 1 atom stereocenters. The Bertz CT molecular complexity index is 658. The average Bonchev–Trinajstić information content (AvgIpc) is 3.07. The standard InChI is InChI=1S/C14H21NO7S/c1-10(2)22-14(6-7-20-9-14)8-15(3)23(18,19)12-5-4-11(21-12)13(16)17/h4-5,10H,6-9H2,1-3H3,(H,16,17). The van der Waals surface area contributed by atoms with Gasteiger partial charge in [-0.05, 0) is 26.0 Å². The van der Waals surface area contributed by atoms with Gasteiger partial charge in [-0.15, -0.1) is 0 Å². The van der Waals surface area contributed by atoms with Crippen molar-refractivity contribution >= 4 is 16.0 Å². The van der Waals surface area contributed by atoms with Crippen molar-refractivity contribution in [1.29, 1.82) is 0 Å². The smallest absolute Gasteiger partial charge is 0.371 e. The third kappa shape index (κ3) is 3.92. The lowest BCUT2D eigenvalue weighted by atomic mass is 10.0. The van der Waals surface area contributed by atoms with Crippen molar-refractivity contribution in [3.63, 3.8) is 0 Å². The number of carboxylic acids is 1. The van der Waals surface area contributed by atoms with Crippen LogP contribution in [-0.4, -0.2) is 62.3 Å². The number of carbonyl (C=O) groups is 1. The Labute approximate surface area is 135 Å². The van der Waals surface area contributed by atoms with Crippen molar-refractivity contribution < 1.29 is 32.2 Å². The molecule has 0 spiro atoms. The van der Waals surface area contributed by atoms with E-state index in [1.807, 2.05) is 13.8 Å². The molecule has 8 nitrogen and oxygen atoms in total. The van der Waals surface area contributed by atoms with Crippen molar-refractivity contribution in [3.05, 3.63) is 17.9 Å². The number of rotatable bonds is 7. The van der Waals surface area contributed by atoms with Crippen LogP contribution >= 0.6 is 0 Å². The summed E-state index contributed by atoms with van der Waals surface area (Å²) in [6, 6.07) is 2.25. The van der Waals surface area contributed by atoms with Crippen molar-refractivity contribution in [1.82, 2.24) is 4.31 Å². The molecular formula is C14H21NO7S. The number of hydrogen-bond donors (Lipinski definition) is 1. The molecule has 1 aromatic heterocycles. The maximum Gasteiger partial charge on any atom is 0.371 e. The largest absolute Gasteiger partial charge is 0.475 e. The van der Waals surface area contributed by atoms with E-state index in [0.717, 1.165) is 16.4 Å². The number of ether oxygens (including phenoxy) is 2. The average molecular weight is 347 g/mol. The Balaban J connectivity index is 2.19. The summed E-state index contributed by atoms with van der Waals surface area (Å²) in [5.41, 5.74) is -0.710. The summed E-state index contributed by atoms with van der Waals surface area (Å²) in [5, 5.41) is 8.43. The van der Waals surface area contributed by atoms with Crippen LogP contribution in [0.25, 0.3) is 0 Å². The minimum absolute atomic E-state index is 0.0740. The number of nitrogens with zero attached hydrogens (tertiary/aromatic N) is 1. The van der Waals surface area contributed by atoms with Crippen LogP contribution in [0.5, 0.6) is 0 Å². The molecule has 0 saturated carbocycles. The summed E-state index contributed by atoms with van der Waals surface area (Å²) in [6.45, 7) is 4.66. The lowest BCUT2D eigenvalue weighted by Crippen LogP contribution is -2.47. The van der Waals surface area contributed by atoms with Crippen molar-refractivity contribution in [2.45, 2.75) is 37.1 Å². The second-order valence-corrected chi connectivity index (χ2v) is 7.81. The molecule has 2 heterocycles. The van der Waals surface area contributed by atoms with E-state index in [1.165, 1.54) is 7.05 Å². The number of carboxylic acid groups (broad SMARTS) is 1. The van der Waals surface area contributed by atoms with Crippen LogP contribution in [0.3, 0.4) is 0 Å². The lowest BCUT2D eigenvalue weighted by Gasteiger charge is -2.33. The highest BCUT2D eigenvalue weighted by Gasteiger charge is 2.41. The van der Waals surface area contributed by atoms with Crippen molar-refractivity contribution in [2.75, 3.05) is 26.8 Å². The maximum atomic E-state index is 12.5. The van der Waals surface area contributed by atoms with E-state index in [9.17, 15) is 13.2 Å². The van der Waals surface area contributed by atoms with Crippen LogP contribution in [0.15, 0.2) is 21.6 Å². The van der Waals surface area contributed by atoms with E-state index in [0.29, 0.717) is 19.6 Å². The molecule has 1 unspecified atom stereocenters. The van der Waals surface area contributed by atoms with E-state index in [-0.39, 0.29) is 12.6 Å². The van der Waals surface area contributed by atoms with E-state index in [1.54, 1.807) is 0 Å². The Hall–Kier alpha value is -1.42. The monoisotopic (exact) mass is 347 g/mol. The van der Waals surface area contributed by atoms with Crippen LogP contribution in [0, 0.1) is 0 Å². The van der Waals surface area contributed by atoms with Crippen LogP contribution < -0.4 is 0 Å². The number of hydrogen-bond acceptors (Lipinski definition) is 6. The second kappa shape index (κ2) is 6.60. The zero-order valence-corrected chi connectivity index (χ0v) is 14.1. The quantitative estimate of drug-likeness (QED) is 0.789. The summed E-state index contributed by atoms with van der Waals surface area (Å²) < 4.78 is 42.3. The normalized spacial score (nSPS) is 22.1.